The van der Waals surface area contributed by atoms with Crippen molar-refractivity contribution in [2.75, 3.05) is 0 Å². The monoisotopic (exact) mass is 251 g/mol. The minimum Gasteiger partial charge on any atom is -0.328 e. The molecule has 3 heterocycles. The Labute approximate surface area is 110 Å². The van der Waals surface area contributed by atoms with Crippen LogP contribution >= 0.6 is 0 Å². The maximum absolute atomic E-state index is 11.8. The lowest BCUT2D eigenvalue weighted by molar-refractivity contribution is 1.12. The number of hydrogen-bond acceptors (Lipinski definition) is 3. The Morgan fingerprint density at radius 2 is 2.21 bits per heavy atom. The molecule has 3 aromatic rings. The molecule has 0 atom stereocenters. The highest BCUT2D eigenvalue weighted by Crippen LogP contribution is 2.23. The van der Waals surface area contributed by atoms with Gasteiger partial charge in [-0.3, -0.25) is 9.78 Å². The number of nitrogens with zero attached hydrogens (tertiary/aromatic N) is 2. The molecule has 0 fully saturated rings. The van der Waals surface area contributed by atoms with Gasteiger partial charge in [0.05, 0.1) is 16.6 Å². The number of aromatic amines is 1. The lowest BCUT2D eigenvalue weighted by Gasteiger charge is -2.08. The van der Waals surface area contributed by atoms with Crippen LogP contribution in [0.25, 0.3) is 22.2 Å². The molecule has 0 amide bonds. The Balaban J connectivity index is 2.33. The Hall–Kier alpha value is -2.49. The number of fused-ring (bicyclic) bond motifs is 1. The molecular weight excluding hydrogens is 238 g/mol. The van der Waals surface area contributed by atoms with Crippen molar-refractivity contribution >= 4 is 10.9 Å². The fourth-order valence-electron chi connectivity index (χ4n) is 2.17. The second-order valence-corrected chi connectivity index (χ2v) is 4.33. The quantitative estimate of drug-likeness (QED) is 0.761. The summed E-state index contributed by atoms with van der Waals surface area (Å²) < 4.78 is 0. The van der Waals surface area contributed by atoms with E-state index in [0.717, 1.165) is 23.2 Å². The van der Waals surface area contributed by atoms with Gasteiger partial charge in [-0.1, -0.05) is 6.92 Å². The predicted octanol–water partition coefficient (Wildman–Crippen LogP) is 2.55. The lowest BCUT2D eigenvalue weighted by Crippen LogP contribution is -2.07. The zero-order valence-corrected chi connectivity index (χ0v) is 10.6. The summed E-state index contributed by atoms with van der Waals surface area (Å²) in [5, 5.41) is 0.631. The van der Waals surface area contributed by atoms with E-state index in [4.69, 9.17) is 0 Å². The number of rotatable bonds is 2. The van der Waals surface area contributed by atoms with E-state index in [-0.39, 0.29) is 5.56 Å². The van der Waals surface area contributed by atoms with Gasteiger partial charge in [0.25, 0.3) is 5.56 Å². The van der Waals surface area contributed by atoms with Gasteiger partial charge in [0.2, 0.25) is 0 Å². The number of nitrogens with one attached hydrogen (secondary N) is 1. The van der Waals surface area contributed by atoms with Gasteiger partial charge in [-0.25, -0.2) is 4.98 Å². The van der Waals surface area contributed by atoms with Crippen LogP contribution in [0.5, 0.6) is 0 Å². The van der Waals surface area contributed by atoms with Crippen molar-refractivity contribution in [2.45, 2.75) is 13.3 Å². The van der Waals surface area contributed by atoms with Gasteiger partial charge in [0, 0.05) is 24.2 Å². The van der Waals surface area contributed by atoms with E-state index in [0.29, 0.717) is 10.9 Å². The van der Waals surface area contributed by atoms with Crippen molar-refractivity contribution in [1.82, 2.24) is 15.0 Å². The Kier molecular flexibility index (Phi) is 2.83. The van der Waals surface area contributed by atoms with E-state index < -0.39 is 0 Å². The summed E-state index contributed by atoms with van der Waals surface area (Å²) in [5.41, 5.74) is 3.53. The van der Waals surface area contributed by atoms with Crippen molar-refractivity contribution in [3.05, 3.63) is 58.8 Å². The molecule has 1 N–H and O–H groups in total. The highest BCUT2D eigenvalue weighted by atomic mass is 16.1. The van der Waals surface area contributed by atoms with Crippen LogP contribution in [0.3, 0.4) is 0 Å². The average molecular weight is 251 g/mol. The normalized spacial score (nSPS) is 10.8. The third kappa shape index (κ3) is 2.01. The molecular formula is C15H13N3O. The SMILES string of the molecule is CCc1cc2c(=O)[nH]ccc2nc1-c1cccnc1. The molecule has 3 aromatic heterocycles. The first-order chi connectivity index (χ1) is 9.29. The summed E-state index contributed by atoms with van der Waals surface area (Å²) in [6, 6.07) is 7.60. The third-order valence-corrected chi connectivity index (χ3v) is 3.15. The first-order valence-electron chi connectivity index (χ1n) is 6.21. The van der Waals surface area contributed by atoms with E-state index in [1.807, 2.05) is 24.3 Å². The van der Waals surface area contributed by atoms with E-state index >= 15 is 0 Å². The molecule has 4 nitrogen and oxygen atoms in total. The number of hydrogen-bond donors (Lipinski definition) is 1. The van der Waals surface area contributed by atoms with Crippen molar-refractivity contribution in [3.63, 3.8) is 0 Å². The molecule has 0 saturated heterocycles. The standard InChI is InChI=1S/C15H13N3O/c1-2-10-8-12-13(5-7-17-15(12)19)18-14(10)11-4-3-6-16-9-11/h3-9H,2H2,1H3,(H,17,19). The van der Waals surface area contributed by atoms with E-state index in [9.17, 15) is 4.79 Å². The summed E-state index contributed by atoms with van der Waals surface area (Å²) in [6.07, 6.45) is 5.97. The van der Waals surface area contributed by atoms with Crippen LogP contribution in [0.2, 0.25) is 0 Å². The van der Waals surface area contributed by atoms with Gasteiger partial charge >= 0.3 is 0 Å². The van der Waals surface area contributed by atoms with E-state index in [1.54, 1.807) is 18.6 Å². The summed E-state index contributed by atoms with van der Waals surface area (Å²) in [7, 11) is 0. The molecule has 0 aliphatic carbocycles. The van der Waals surface area contributed by atoms with E-state index in [1.165, 1.54) is 0 Å². The molecule has 0 bridgehead atoms. The minimum atomic E-state index is -0.0996. The maximum Gasteiger partial charge on any atom is 0.257 e. The molecule has 19 heavy (non-hydrogen) atoms. The van der Waals surface area contributed by atoms with Crippen molar-refractivity contribution in [1.29, 1.82) is 0 Å². The summed E-state index contributed by atoms with van der Waals surface area (Å²) in [4.78, 5) is 23.2. The first-order valence-corrected chi connectivity index (χ1v) is 6.21. The summed E-state index contributed by atoms with van der Waals surface area (Å²) >= 11 is 0. The maximum atomic E-state index is 11.8. The van der Waals surface area contributed by atoms with Gasteiger partial charge in [-0.15, -0.1) is 0 Å². The number of pyridine rings is 3. The molecule has 0 saturated carbocycles. The molecule has 0 radical (unpaired) electrons. The average Bonchev–Trinajstić information content (AvgIpc) is 2.47. The van der Waals surface area contributed by atoms with Gasteiger partial charge in [-0.2, -0.15) is 0 Å². The number of H-pyrrole nitrogens is 1. The topological polar surface area (TPSA) is 58.6 Å². The van der Waals surface area contributed by atoms with Crippen molar-refractivity contribution < 1.29 is 0 Å². The largest absolute Gasteiger partial charge is 0.328 e. The van der Waals surface area contributed by atoms with Gasteiger partial charge in [-0.05, 0) is 36.2 Å². The summed E-state index contributed by atoms with van der Waals surface area (Å²) in [5.74, 6) is 0. The van der Waals surface area contributed by atoms with Crippen LogP contribution < -0.4 is 5.56 Å². The molecule has 0 aliphatic rings. The Bertz CT molecular complexity index is 778. The smallest absolute Gasteiger partial charge is 0.257 e. The van der Waals surface area contributed by atoms with Crippen molar-refractivity contribution in [3.8, 4) is 11.3 Å². The zero-order chi connectivity index (χ0) is 13.2. The molecule has 94 valence electrons. The third-order valence-electron chi connectivity index (χ3n) is 3.15. The second kappa shape index (κ2) is 4.65. The Morgan fingerprint density at radius 3 is 2.95 bits per heavy atom. The molecule has 0 aromatic carbocycles. The van der Waals surface area contributed by atoms with Crippen LogP contribution in [0.15, 0.2) is 47.7 Å². The molecule has 4 heteroatoms. The molecule has 0 unspecified atom stereocenters. The predicted molar refractivity (Wildman–Crippen MR) is 75.0 cm³/mol. The molecule has 3 rings (SSSR count). The lowest BCUT2D eigenvalue weighted by atomic mass is 10.0. The van der Waals surface area contributed by atoms with Crippen LogP contribution in [-0.4, -0.2) is 15.0 Å². The van der Waals surface area contributed by atoms with Gasteiger partial charge in [0.1, 0.15) is 0 Å². The van der Waals surface area contributed by atoms with Crippen LogP contribution in [0.1, 0.15) is 12.5 Å². The molecule has 0 spiro atoms. The van der Waals surface area contributed by atoms with Gasteiger partial charge < -0.3 is 4.98 Å². The number of aromatic nitrogens is 3. The van der Waals surface area contributed by atoms with Gasteiger partial charge in [0.15, 0.2) is 0 Å². The second-order valence-electron chi connectivity index (χ2n) is 4.33. The highest BCUT2D eigenvalue weighted by molar-refractivity contribution is 5.82. The first kappa shape index (κ1) is 11.6. The fraction of sp³-hybridized carbons (Fsp3) is 0.133. The number of aryl methyl sites for hydroxylation is 1. The van der Waals surface area contributed by atoms with Crippen LogP contribution in [-0.2, 0) is 6.42 Å². The zero-order valence-electron chi connectivity index (χ0n) is 10.6. The van der Waals surface area contributed by atoms with E-state index in [2.05, 4.69) is 21.9 Å². The fourth-order valence-corrected chi connectivity index (χ4v) is 2.17. The van der Waals surface area contributed by atoms with Crippen molar-refractivity contribution in [2.24, 2.45) is 0 Å². The van der Waals surface area contributed by atoms with Crippen LogP contribution in [0.4, 0.5) is 0 Å². The Morgan fingerprint density at radius 1 is 1.32 bits per heavy atom. The highest BCUT2D eigenvalue weighted by Gasteiger charge is 2.09. The minimum absolute atomic E-state index is 0.0996. The molecule has 0 aliphatic heterocycles. The summed E-state index contributed by atoms with van der Waals surface area (Å²) in [6.45, 7) is 2.06. The van der Waals surface area contributed by atoms with Crippen LogP contribution in [0, 0.1) is 0 Å².